The minimum Gasteiger partial charge on any atom is -0.494 e. The van der Waals surface area contributed by atoms with Gasteiger partial charge in [0.15, 0.2) is 5.82 Å². The largest absolute Gasteiger partial charge is 0.494 e. The lowest BCUT2D eigenvalue weighted by Gasteiger charge is -2.02. The molecule has 0 aliphatic carbocycles. The molecule has 0 spiro atoms. The van der Waals surface area contributed by atoms with Crippen molar-refractivity contribution in [2.45, 2.75) is 0 Å². The molecular formula is C12H11N3O. The van der Waals surface area contributed by atoms with Crippen LogP contribution >= 0.6 is 0 Å². The van der Waals surface area contributed by atoms with Crippen LogP contribution in [0.25, 0.3) is 0 Å². The van der Waals surface area contributed by atoms with Gasteiger partial charge >= 0.3 is 0 Å². The maximum Gasteiger partial charge on any atom is 0.170 e. The normalized spacial score (nSPS) is 10.6. The Balaban J connectivity index is 2.24. The lowest BCUT2D eigenvalue weighted by molar-refractivity contribution is 0.416. The molecule has 0 saturated carbocycles. The van der Waals surface area contributed by atoms with Crippen LogP contribution in [0.3, 0.4) is 0 Å². The molecule has 0 atom stereocenters. The van der Waals surface area contributed by atoms with Crippen molar-refractivity contribution in [1.82, 2.24) is 9.97 Å². The number of ether oxygens (including phenoxy) is 1. The zero-order valence-corrected chi connectivity index (χ0v) is 8.87. The highest BCUT2D eigenvalue weighted by molar-refractivity contribution is 5.78. The number of aliphatic imine (C=N–C) groups is 1. The van der Waals surface area contributed by atoms with E-state index < -0.39 is 0 Å². The zero-order chi connectivity index (χ0) is 11.2. The molecule has 2 rings (SSSR count). The SMILES string of the molecule is COc1ccccc1N=Cc1ncccn1. The topological polar surface area (TPSA) is 47.4 Å². The van der Waals surface area contributed by atoms with Gasteiger partial charge in [-0.05, 0) is 18.2 Å². The van der Waals surface area contributed by atoms with Crippen molar-refractivity contribution < 1.29 is 4.74 Å². The van der Waals surface area contributed by atoms with E-state index >= 15 is 0 Å². The fourth-order valence-electron chi connectivity index (χ4n) is 1.24. The molecule has 0 amide bonds. The van der Waals surface area contributed by atoms with E-state index in [2.05, 4.69) is 15.0 Å². The maximum atomic E-state index is 5.18. The minimum absolute atomic E-state index is 0.577. The summed E-state index contributed by atoms with van der Waals surface area (Å²) in [6, 6.07) is 9.30. The van der Waals surface area contributed by atoms with Crippen LogP contribution in [0.2, 0.25) is 0 Å². The molecule has 0 unspecified atom stereocenters. The fraction of sp³-hybridized carbons (Fsp3) is 0.0833. The predicted molar refractivity (Wildman–Crippen MR) is 62.3 cm³/mol. The summed E-state index contributed by atoms with van der Waals surface area (Å²) < 4.78 is 5.18. The van der Waals surface area contributed by atoms with Crippen molar-refractivity contribution in [2.75, 3.05) is 7.11 Å². The van der Waals surface area contributed by atoms with Crippen molar-refractivity contribution in [3.63, 3.8) is 0 Å². The summed E-state index contributed by atoms with van der Waals surface area (Å²) in [5.74, 6) is 1.31. The number of rotatable bonds is 3. The van der Waals surface area contributed by atoms with Crippen LogP contribution < -0.4 is 4.74 Å². The highest BCUT2D eigenvalue weighted by Gasteiger charge is 1.97. The van der Waals surface area contributed by atoms with Gasteiger partial charge in [0.05, 0.1) is 13.3 Å². The van der Waals surface area contributed by atoms with Gasteiger partial charge in [-0.2, -0.15) is 0 Å². The first-order valence-electron chi connectivity index (χ1n) is 4.84. The van der Waals surface area contributed by atoms with Gasteiger partial charge in [0.2, 0.25) is 0 Å². The Hall–Kier alpha value is -2.23. The van der Waals surface area contributed by atoms with Crippen molar-refractivity contribution >= 4 is 11.9 Å². The van der Waals surface area contributed by atoms with Gasteiger partial charge in [-0.3, -0.25) is 0 Å². The molecule has 0 radical (unpaired) electrons. The van der Waals surface area contributed by atoms with E-state index in [1.165, 1.54) is 0 Å². The molecule has 80 valence electrons. The quantitative estimate of drug-likeness (QED) is 0.734. The molecule has 0 aliphatic rings. The molecule has 0 saturated heterocycles. The van der Waals surface area contributed by atoms with Gasteiger partial charge in [-0.25, -0.2) is 15.0 Å². The number of methoxy groups -OCH3 is 1. The monoisotopic (exact) mass is 213 g/mol. The van der Waals surface area contributed by atoms with Gasteiger partial charge in [-0.15, -0.1) is 0 Å². The maximum absolute atomic E-state index is 5.18. The third kappa shape index (κ3) is 2.42. The second-order valence-corrected chi connectivity index (χ2v) is 3.04. The molecule has 4 heteroatoms. The molecule has 16 heavy (non-hydrogen) atoms. The van der Waals surface area contributed by atoms with Gasteiger partial charge in [-0.1, -0.05) is 12.1 Å². The number of aromatic nitrogens is 2. The van der Waals surface area contributed by atoms with Crippen LogP contribution in [-0.4, -0.2) is 23.3 Å². The first-order valence-corrected chi connectivity index (χ1v) is 4.84. The van der Waals surface area contributed by atoms with E-state index in [1.807, 2.05) is 24.3 Å². The average Bonchev–Trinajstić information content (AvgIpc) is 2.38. The van der Waals surface area contributed by atoms with Gasteiger partial charge < -0.3 is 4.74 Å². The molecular weight excluding hydrogens is 202 g/mol. The fourth-order valence-corrected chi connectivity index (χ4v) is 1.24. The zero-order valence-electron chi connectivity index (χ0n) is 8.87. The molecule has 0 N–H and O–H groups in total. The summed E-state index contributed by atoms with van der Waals surface area (Å²) in [6.45, 7) is 0. The first-order chi connectivity index (χ1) is 7.90. The Morgan fingerprint density at radius 2 is 1.88 bits per heavy atom. The Bertz CT molecular complexity index is 483. The van der Waals surface area contributed by atoms with Crippen LogP contribution in [0, 0.1) is 0 Å². The molecule has 4 nitrogen and oxygen atoms in total. The summed E-state index contributed by atoms with van der Waals surface area (Å²) in [7, 11) is 1.62. The minimum atomic E-state index is 0.577. The highest BCUT2D eigenvalue weighted by Crippen LogP contribution is 2.25. The molecule has 1 aromatic heterocycles. The van der Waals surface area contributed by atoms with Crippen molar-refractivity contribution in [1.29, 1.82) is 0 Å². The molecule has 0 bridgehead atoms. The van der Waals surface area contributed by atoms with E-state index in [4.69, 9.17) is 4.74 Å². The summed E-state index contributed by atoms with van der Waals surface area (Å²) in [5, 5.41) is 0. The van der Waals surface area contributed by atoms with E-state index in [0.29, 0.717) is 5.82 Å². The van der Waals surface area contributed by atoms with Crippen LogP contribution in [0.1, 0.15) is 5.82 Å². The van der Waals surface area contributed by atoms with Crippen LogP contribution in [-0.2, 0) is 0 Å². The third-order valence-corrected chi connectivity index (χ3v) is 1.99. The Labute approximate surface area is 93.7 Å². The second kappa shape index (κ2) is 5.02. The summed E-state index contributed by atoms with van der Waals surface area (Å²) >= 11 is 0. The summed E-state index contributed by atoms with van der Waals surface area (Å²) in [5.41, 5.74) is 0.762. The molecule has 1 aromatic carbocycles. The third-order valence-electron chi connectivity index (χ3n) is 1.99. The van der Waals surface area contributed by atoms with E-state index in [1.54, 1.807) is 31.8 Å². The first kappa shape index (κ1) is 10.3. The number of para-hydroxylation sites is 2. The van der Waals surface area contributed by atoms with Crippen molar-refractivity contribution in [2.24, 2.45) is 4.99 Å². The van der Waals surface area contributed by atoms with E-state index in [9.17, 15) is 0 Å². The molecule has 0 aliphatic heterocycles. The number of hydrogen-bond donors (Lipinski definition) is 0. The lowest BCUT2D eigenvalue weighted by atomic mass is 10.3. The van der Waals surface area contributed by atoms with Crippen LogP contribution in [0.4, 0.5) is 5.69 Å². The molecule has 0 fully saturated rings. The number of nitrogens with zero attached hydrogens (tertiary/aromatic N) is 3. The second-order valence-electron chi connectivity index (χ2n) is 3.04. The van der Waals surface area contributed by atoms with Gasteiger partial charge in [0.25, 0.3) is 0 Å². The Kier molecular flexibility index (Phi) is 3.23. The highest BCUT2D eigenvalue weighted by atomic mass is 16.5. The summed E-state index contributed by atoms with van der Waals surface area (Å²) in [6.07, 6.45) is 4.96. The smallest absolute Gasteiger partial charge is 0.170 e. The van der Waals surface area contributed by atoms with Gasteiger partial charge in [0.1, 0.15) is 11.4 Å². The van der Waals surface area contributed by atoms with Crippen molar-refractivity contribution in [3.8, 4) is 5.75 Å². The number of hydrogen-bond acceptors (Lipinski definition) is 4. The van der Waals surface area contributed by atoms with Crippen LogP contribution in [0.5, 0.6) is 5.75 Å². The average molecular weight is 213 g/mol. The lowest BCUT2D eigenvalue weighted by Crippen LogP contribution is -1.90. The molecule has 1 heterocycles. The summed E-state index contributed by atoms with van der Waals surface area (Å²) in [4.78, 5) is 12.4. The Morgan fingerprint density at radius 3 is 2.62 bits per heavy atom. The van der Waals surface area contributed by atoms with Crippen molar-refractivity contribution in [3.05, 3.63) is 48.5 Å². The van der Waals surface area contributed by atoms with E-state index in [0.717, 1.165) is 11.4 Å². The number of benzene rings is 1. The van der Waals surface area contributed by atoms with Crippen LogP contribution in [0.15, 0.2) is 47.7 Å². The Morgan fingerprint density at radius 1 is 1.12 bits per heavy atom. The standard InChI is InChI=1S/C12H11N3O/c1-16-11-6-3-2-5-10(11)15-9-12-13-7-4-8-14-12/h2-9H,1H3. The van der Waals surface area contributed by atoms with Gasteiger partial charge in [0, 0.05) is 12.4 Å². The predicted octanol–water partition coefficient (Wildman–Crippen LogP) is 2.24. The van der Waals surface area contributed by atoms with E-state index in [-0.39, 0.29) is 0 Å². The molecule has 2 aromatic rings.